The second-order valence-electron chi connectivity index (χ2n) is 8.19. The molecule has 0 aliphatic heterocycles. The number of aryl methyl sites for hydroxylation is 1. The molecule has 0 unspecified atom stereocenters. The number of nitrogens with one attached hydrogen (secondary N) is 1. The third kappa shape index (κ3) is 5.59. The maximum atomic E-state index is 13.0. The molecule has 8 heteroatoms. The molecular weight excluding hydrogens is 470 g/mol. The van der Waals surface area contributed by atoms with Gasteiger partial charge in [0.1, 0.15) is 11.4 Å². The number of fused-ring (bicyclic) bond motifs is 1. The van der Waals surface area contributed by atoms with Crippen molar-refractivity contribution in [3.63, 3.8) is 0 Å². The van der Waals surface area contributed by atoms with Crippen LogP contribution in [0.2, 0.25) is 0 Å². The number of thioether (sulfide) groups is 1. The van der Waals surface area contributed by atoms with Gasteiger partial charge in [-0.3, -0.25) is 9.48 Å². The number of hydrogen-bond donors (Lipinski definition) is 2. The van der Waals surface area contributed by atoms with Gasteiger partial charge in [0.05, 0.1) is 5.69 Å². The lowest BCUT2D eigenvalue weighted by Gasteiger charge is -2.09. The van der Waals surface area contributed by atoms with Gasteiger partial charge in [0.15, 0.2) is 0 Å². The molecular formula is C28H23N5O2S. The van der Waals surface area contributed by atoms with Crippen LogP contribution >= 0.6 is 11.8 Å². The Bertz CT molecular complexity index is 1590. The third-order valence-electron chi connectivity index (χ3n) is 5.51. The van der Waals surface area contributed by atoms with Gasteiger partial charge < -0.3 is 14.8 Å². The first-order chi connectivity index (χ1) is 17.5. The molecule has 0 aliphatic carbocycles. The van der Waals surface area contributed by atoms with E-state index < -0.39 is 0 Å². The monoisotopic (exact) mass is 493 g/mol. The Labute approximate surface area is 212 Å². The first-order valence-corrected chi connectivity index (χ1v) is 12.3. The van der Waals surface area contributed by atoms with Gasteiger partial charge in [0.25, 0.3) is 5.91 Å². The standard InChI is InChI=1S/C28H23N5O2S/c1-32-13-11-24(31-32)19-36-26-9-6-23(17-22(26)5-2-20-3-7-25(34)8-4-20)28(35)30-18-21-10-14-33-15-12-29-27(33)16-21/h3-4,6-17,34H,18-19H2,1H3,(H,30,35). The summed E-state index contributed by atoms with van der Waals surface area (Å²) in [5, 5.41) is 17.0. The number of carbonyl (C=O) groups excluding carboxylic acids is 1. The van der Waals surface area contributed by atoms with Crippen molar-refractivity contribution >= 4 is 23.3 Å². The number of rotatable bonds is 6. The molecule has 3 heterocycles. The minimum absolute atomic E-state index is 0.174. The summed E-state index contributed by atoms with van der Waals surface area (Å²) in [5.41, 5.74) is 4.85. The first-order valence-electron chi connectivity index (χ1n) is 11.3. The molecule has 2 N–H and O–H groups in total. The lowest BCUT2D eigenvalue weighted by Crippen LogP contribution is -2.23. The van der Waals surface area contributed by atoms with Crippen molar-refractivity contribution in [2.75, 3.05) is 0 Å². The highest BCUT2D eigenvalue weighted by Gasteiger charge is 2.11. The van der Waals surface area contributed by atoms with E-state index in [0.717, 1.165) is 32.9 Å². The normalized spacial score (nSPS) is 10.7. The van der Waals surface area contributed by atoms with Crippen molar-refractivity contribution in [2.24, 2.45) is 7.05 Å². The first kappa shape index (κ1) is 23.3. The van der Waals surface area contributed by atoms with Crippen molar-refractivity contribution in [2.45, 2.75) is 17.2 Å². The zero-order valence-corrected chi connectivity index (χ0v) is 20.4. The van der Waals surface area contributed by atoms with E-state index in [-0.39, 0.29) is 11.7 Å². The molecule has 5 rings (SSSR count). The van der Waals surface area contributed by atoms with Gasteiger partial charge in [-0.15, -0.1) is 11.8 Å². The van der Waals surface area contributed by atoms with Gasteiger partial charge in [-0.2, -0.15) is 5.10 Å². The largest absolute Gasteiger partial charge is 0.508 e. The molecule has 36 heavy (non-hydrogen) atoms. The number of aromatic hydroxyl groups is 1. The molecule has 7 nitrogen and oxygen atoms in total. The molecule has 0 fully saturated rings. The number of hydrogen-bond acceptors (Lipinski definition) is 5. The number of nitrogens with zero attached hydrogens (tertiary/aromatic N) is 4. The fraction of sp³-hybridized carbons (Fsp3) is 0.107. The van der Waals surface area contributed by atoms with Crippen molar-refractivity contribution in [1.82, 2.24) is 24.5 Å². The molecule has 0 spiro atoms. The minimum Gasteiger partial charge on any atom is -0.508 e. The fourth-order valence-electron chi connectivity index (χ4n) is 3.62. The number of aromatic nitrogens is 4. The van der Waals surface area contributed by atoms with Crippen molar-refractivity contribution < 1.29 is 9.90 Å². The van der Waals surface area contributed by atoms with E-state index in [0.29, 0.717) is 17.9 Å². The Morgan fingerprint density at radius 3 is 2.69 bits per heavy atom. The summed E-state index contributed by atoms with van der Waals surface area (Å²) >= 11 is 1.62. The zero-order valence-electron chi connectivity index (χ0n) is 19.5. The number of benzene rings is 2. The highest BCUT2D eigenvalue weighted by Crippen LogP contribution is 2.27. The van der Waals surface area contributed by atoms with Crippen LogP contribution in [0.15, 0.2) is 90.3 Å². The smallest absolute Gasteiger partial charge is 0.251 e. The summed E-state index contributed by atoms with van der Waals surface area (Å²) in [7, 11) is 1.89. The number of amides is 1. The van der Waals surface area contributed by atoms with E-state index in [1.165, 1.54) is 0 Å². The molecule has 0 saturated heterocycles. The van der Waals surface area contributed by atoms with Crippen LogP contribution in [0.5, 0.6) is 5.75 Å². The molecule has 0 bridgehead atoms. The molecule has 178 valence electrons. The fourth-order valence-corrected chi connectivity index (χ4v) is 4.50. The minimum atomic E-state index is -0.174. The average Bonchev–Trinajstić information content (AvgIpc) is 3.54. The topological polar surface area (TPSA) is 84.5 Å². The second-order valence-corrected chi connectivity index (χ2v) is 9.20. The zero-order chi connectivity index (χ0) is 24.9. The summed E-state index contributed by atoms with van der Waals surface area (Å²) in [5.74, 6) is 7.05. The Kier molecular flexibility index (Phi) is 6.74. The lowest BCUT2D eigenvalue weighted by molar-refractivity contribution is 0.0951. The Hall–Kier alpha value is -4.48. The molecule has 0 aliphatic rings. The molecule has 5 aromatic rings. The molecule has 2 aromatic carbocycles. The number of carbonyl (C=O) groups is 1. The van der Waals surface area contributed by atoms with Crippen LogP contribution in [-0.2, 0) is 19.3 Å². The summed E-state index contributed by atoms with van der Waals surface area (Å²) < 4.78 is 3.70. The van der Waals surface area contributed by atoms with Crippen LogP contribution in [0.4, 0.5) is 0 Å². The van der Waals surface area contributed by atoms with Crippen molar-refractivity contribution in [1.29, 1.82) is 0 Å². The quantitative estimate of drug-likeness (QED) is 0.271. The van der Waals surface area contributed by atoms with Gasteiger partial charge in [-0.05, 0) is 66.2 Å². The lowest BCUT2D eigenvalue weighted by atomic mass is 10.1. The summed E-state index contributed by atoms with van der Waals surface area (Å²) in [6, 6.07) is 18.2. The van der Waals surface area contributed by atoms with E-state index in [4.69, 9.17) is 0 Å². The molecule has 0 radical (unpaired) electrons. The summed E-state index contributed by atoms with van der Waals surface area (Å²) in [6.45, 7) is 0.396. The third-order valence-corrected chi connectivity index (χ3v) is 6.62. The predicted octanol–water partition coefficient (Wildman–Crippen LogP) is 4.40. The van der Waals surface area contributed by atoms with Crippen molar-refractivity contribution in [3.05, 3.63) is 113 Å². The summed E-state index contributed by atoms with van der Waals surface area (Å²) in [4.78, 5) is 18.2. The van der Waals surface area contributed by atoms with Gasteiger partial charge in [0.2, 0.25) is 0 Å². The van der Waals surface area contributed by atoms with Crippen LogP contribution in [0.3, 0.4) is 0 Å². The Morgan fingerprint density at radius 2 is 1.89 bits per heavy atom. The van der Waals surface area contributed by atoms with Crippen molar-refractivity contribution in [3.8, 4) is 17.6 Å². The van der Waals surface area contributed by atoms with Gasteiger partial charge >= 0.3 is 0 Å². The van der Waals surface area contributed by atoms with E-state index in [1.54, 1.807) is 46.9 Å². The van der Waals surface area contributed by atoms with E-state index in [2.05, 4.69) is 27.2 Å². The summed E-state index contributed by atoms with van der Waals surface area (Å²) in [6.07, 6.45) is 7.46. The number of pyridine rings is 1. The predicted molar refractivity (Wildman–Crippen MR) is 140 cm³/mol. The molecule has 0 saturated carbocycles. The van der Waals surface area contributed by atoms with Crippen LogP contribution in [-0.4, -0.2) is 30.2 Å². The van der Waals surface area contributed by atoms with Crippen LogP contribution in [0.1, 0.15) is 32.7 Å². The highest BCUT2D eigenvalue weighted by molar-refractivity contribution is 7.98. The van der Waals surface area contributed by atoms with E-state index in [1.807, 2.05) is 66.4 Å². The maximum absolute atomic E-state index is 13.0. The van der Waals surface area contributed by atoms with Gasteiger partial charge in [-0.25, -0.2) is 4.98 Å². The van der Waals surface area contributed by atoms with E-state index in [9.17, 15) is 9.90 Å². The highest BCUT2D eigenvalue weighted by atomic mass is 32.2. The Balaban J connectivity index is 1.36. The molecule has 0 atom stereocenters. The number of phenolic OH excluding ortho intramolecular Hbond substituents is 1. The molecule has 3 aromatic heterocycles. The van der Waals surface area contributed by atoms with Crippen LogP contribution in [0, 0.1) is 11.8 Å². The second kappa shape index (κ2) is 10.4. The number of imidazole rings is 1. The van der Waals surface area contributed by atoms with Gasteiger partial charge in [-0.1, -0.05) is 11.8 Å². The SMILES string of the molecule is Cn1ccc(CSc2ccc(C(=O)NCc3ccn4ccnc4c3)cc2C#Cc2ccc(O)cc2)n1. The molecule has 1 amide bonds. The maximum Gasteiger partial charge on any atom is 0.251 e. The van der Waals surface area contributed by atoms with E-state index >= 15 is 0 Å². The van der Waals surface area contributed by atoms with Gasteiger partial charge in [0, 0.05) is 65.7 Å². The van der Waals surface area contributed by atoms with Crippen LogP contribution < -0.4 is 5.32 Å². The van der Waals surface area contributed by atoms with Crippen LogP contribution in [0.25, 0.3) is 5.65 Å². The average molecular weight is 494 g/mol. The number of phenols is 1. The Morgan fingerprint density at radius 1 is 1.03 bits per heavy atom.